The SMILES string of the molecule is O=C1N=C(N2CCCNCC2)NC(=O)C1c1ccccc1. The third kappa shape index (κ3) is 2.95. The van der Waals surface area contributed by atoms with Gasteiger partial charge in [0.2, 0.25) is 11.9 Å². The van der Waals surface area contributed by atoms with E-state index in [1.807, 2.05) is 23.1 Å². The smallest absolute Gasteiger partial charge is 0.265 e. The summed E-state index contributed by atoms with van der Waals surface area (Å²) in [6, 6.07) is 9.04. The van der Waals surface area contributed by atoms with Crippen LogP contribution in [0.15, 0.2) is 35.3 Å². The summed E-state index contributed by atoms with van der Waals surface area (Å²) in [4.78, 5) is 30.6. The van der Waals surface area contributed by atoms with E-state index in [1.165, 1.54) is 0 Å². The van der Waals surface area contributed by atoms with Crippen molar-refractivity contribution in [1.82, 2.24) is 15.5 Å². The summed E-state index contributed by atoms with van der Waals surface area (Å²) in [7, 11) is 0. The number of benzene rings is 1. The van der Waals surface area contributed by atoms with Crippen LogP contribution in [0.25, 0.3) is 0 Å². The number of aliphatic imine (C=N–C) groups is 1. The molecule has 1 fully saturated rings. The van der Waals surface area contributed by atoms with Crippen LogP contribution in [0.3, 0.4) is 0 Å². The summed E-state index contributed by atoms with van der Waals surface area (Å²) in [5, 5.41) is 6.06. The van der Waals surface area contributed by atoms with Crippen LogP contribution in [0, 0.1) is 0 Å². The normalized spacial score (nSPS) is 23.3. The van der Waals surface area contributed by atoms with Gasteiger partial charge in [-0.2, -0.15) is 4.99 Å². The Hall–Kier alpha value is -2.21. The van der Waals surface area contributed by atoms with E-state index < -0.39 is 11.8 Å². The fourth-order valence-corrected chi connectivity index (χ4v) is 2.64. The zero-order valence-corrected chi connectivity index (χ0v) is 11.7. The Labute approximate surface area is 123 Å². The van der Waals surface area contributed by atoms with E-state index in [4.69, 9.17) is 0 Å². The molecule has 0 radical (unpaired) electrons. The predicted octanol–water partition coefficient (Wildman–Crippen LogP) is 0.0779. The molecule has 0 bridgehead atoms. The number of hydrogen-bond donors (Lipinski definition) is 2. The summed E-state index contributed by atoms with van der Waals surface area (Å²) in [6.07, 6.45) is 0.963. The summed E-state index contributed by atoms with van der Waals surface area (Å²) < 4.78 is 0. The van der Waals surface area contributed by atoms with Gasteiger partial charge in [-0.05, 0) is 18.5 Å². The van der Waals surface area contributed by atoms with Crippen LogP contribution in [0.2, 0.25) is 0 Å². The van der Waals surface area contributed by atoms with Gasteiger partial charge in [0.05, 0.1) is 0 Å². The lowest BCUT2D eigenvalue weighted by Gasteiger charge is -2.28. The number of carbonyl (C=O) groups is 2. The Morgan fingerprint density at radius 1 is 1.10 bits per heavy atom. The van der Waals surface area contributed by atoms with E-state index in [0.717, 1.165) is 32.6 Å². The van der Waals surface area contributed by atoms with Crippen LogP contribution in [0.5, 0.6) is 0 Å². The van der Waals surface area contributed by atoms with Gasteiger partial charge in [-0.15, -0.1) is 0 Å². The standard InChI is InChI=1S/C15H18N4O2/c20-13-12(11-5-2-1-3-6-11)14(21)18-15(17-13)19-9-4-7-16-8-10-19/h1-3,5-6,12,16H,4,7-10H2,(H,17,18,20,21). The van der Waals surface area contributed by atoms with Crippen molar-refractivity contribution in [2.24, 2.45) is 4.99 Å². The Morgan fingerprint density at radius 3 is 2.67 bits per heavy atom. The number of nitrogens with zero attached hydrogens (tertiary/aromatic N) is 2. The molecule has 21 heavy (non-hydrogen) atoms. The van der Waals surface area contributed by atoms with Crippen molar-refractivity contribution in [3.05, 3.63) is 35.9 Å². The molecule has 2 N–H and O–H groups in total. The first-order chi connectivity index (χ1) is 10.3. The molecule has 0 aromatic heterocycles. The Balaban J connectivity index is 1.81. The minimum atomic E-state index is -0.833. The molecule has 1 atom stereocenters. The average molecular weight is 286 g/mol. The van der Waals surface area contributed by atoms with Crippen molar-refractivity contribution >= 4 is 17.8 Å². The number of guanidine groups is 1. The van der Waals surface area contributed by atoms with Crippen molar-refractivity contribution in [2.75, 3.05) is 26.2 Å². The molecule has 6 heteroatoms. The lowest BCUT2D eigenvalue weighted by molar-refractivity contribution is -0.130. The van der Waals surface area contributed by atoms with Gasteiger partial charge in [0.25, 0.3) is 5.91 Å². The Kier molecular flexibility index (Phi) is 3.96. The van der Waals surface area contributed by atoms with E-state index in [-0.39, 0.29) is 5.91 Å². The van der Waals surface area contributed by atoms with Crippen LogP contribution in [0.1, 0.15) is 17.9 Å². The summed E-state index contributed by atoms with van der Waals surface area (Å²) >= 11 is 0. The third-order valence-corrected chi connectivity index (χ3v) is 3.73. The highest BCUT2D eigenvalue weighted by atomic mass is 16.2. The molecular weight excluding hydrogens is 268 g/mol. The molecule has 0 saturated carbocycles. The highest BCUT2D eigenvalue weighted by Crippen LogP contribution is 2.20. The van der Waals surface area contributed by atoms with Gasteiger partial charge in [0.1, 0.15) is 5.92 Å². The van der Waals surface area contributed by atoms with Gasteiger partial charge >= 0.3 is 0 Å². The fraction of sp³-hybridized carbons (Fsp3) is 0.400. The van der Waals surface area contributed by atoms with Gasteiger partial charge in [0, 0.05) is 19.6 Å². The van der Waals surface area contributed by atoms with Gasteiger partial charge in [0.15, 0.2) is 0 Å². The lowest BCUT2D eigenvalue weighted by atomic mass is 9.96. The second kappa shape index (κ2) is 6.05. The van der Waals surface area contributed by atoms with E-state index in [9.17, 15) is 9.59 Å². The van der Waals surface area contributed by atoms with Crippen molar-refractivity contribution in [2.45, 2.75) is 12.3 Å². The molecular formula is C15H18N4O2. The van der Waals surface area contributed by atoms with E-state index in [0.29, 0.717) is 11.5 Å². The van der Waals surface area contributed by atoms with E-state index in [1.54, 1.807) is 12.1 Å². The fourth-order valence-electron chi connectivity index (χ4n) is 2.64. The van der Waals surface area contributed by atoms with Crippen LogP contribution < -0.4 is 10.6 Å². The third-order valence-electron chi connectivity index (χ3n) is 3.73. The maximum Gasteiger partial charge on any atom is 0.265 e. The largest absolute Gasteiger partial charge is 0.341 e. The zero-order valence-electron chi connectivity index (χ0n) is 11.7. The molecule has 2 amide bonds. The predicted molar refractivity (Wildman–Crippen MR) is 78.8 cm³/mol. The quantitative estimate of drug-likeness (QED) is 0.717. The molecule has 0 aliphatic carbocycles. The van der Waals surface area contributed by atoms with Gasteiger partial charge in [-0.25, -0.2) is 0 Å². The van der Waals surface area contributed by atoms with Gasteiger partial charge < -0.3 is 10.2 Å². The lowest BCUT2D eigenvalue weighted by Crippen LogP contribution is -2.51. The van der Waals surface area contributed by atoms with Crippen LogP contribution in [-0.2, 0) is 9.59 Å². The molecule has 0 spiro atoms. The Morgan fingerprint density at radius 2 is 1.90 bits per heavy atom. The zero-order chi connectivity index (χ0) is 14.7. The van der Waals surface area contributed by atoms with Crippen LogP contribution in [-0.4, -0.2) is 48.9 Å². The first-order valence-electron chi connectivity index (χ1n) is 7.20. The topological polar surface area (TPSA) is 73.8 Å². The molecule has 110 valence electrons. The second-order valence-electron chi connectivity index (χ2n) is 5.20. The van der Waals surface area contributed by atoms with Crippen LogP contribution >= 0.6 is 0 Å². The van der Waals surface area contributed by atoms with E-state index >= 15 is 0 Å². The molecule has 3 rings (SSSR count). The minimum Gasteiger partial charge on any atom is -0.341 e. The number of carbonyl (C=O) groups excluding carboxylic acids is 2. The van der Waals surface area contributed by atoms with Crippen molar-refractivity contribution in [1.29, 1.82) is 0 Å². The maximum atomic E-state index is 12.3. The minimum absolute atomic E-state index is 0.298. The van der Waals surface area contributed by atoms with Crippen molar-refractivity contribution in [3.8, 4) is 0 Å². The number of hydrogen-bond acceptors (Lipinski definition) is 4. The number of amides is 2. The number of rotatable bonds is 1. The molecule has 1 saturated heterocycles. The molecule has 2 aliphatic rings. The van der Waals surface area contributed by atoms with Crippen LogP contribution in [0.4, 0.5) is 0 Å². The van der Waals surface area contributed by atoms with E-state index in [2.05, 4.69) is 15.6 Å². The number of nitrogens with one attached hydrogen (secondary N) is 2. The summed E-state index contributed by atoms with van der Waals surface area (Å²) in [5.74, 6) is -1.13. The maximum absolute atomic E-state index is 12.3. The average Bonchev–Trinajstić information content (AvgIpc) is 2.76. The Bertz CT molecular complexity index is 562. The summed E-state index contributed by atoms with van der Waals surface area (Å²) in [6.45, 7) is 3.29. The van der Waals surface area contributed by atoms with Gasteiger partial charge in [-0.1, -0.05) is 30.3 Å². The highest BCUT2D eigenvalue weighted by Gasteiger charge is 2.34. The summed E-state index contributed by atoms with van der Waals surface area (Å²) in [5.41, 5.74) is 0.681. The molecule has 6 nitrogen and oxygen atoms in total. The highest BCUT2D eigenvalue weighted by molar-refractivity contribution is 6.18. The van der Waals surface area contributed by atoms with Gasteiger partial charge in [-0.3, -0.25) is 14.9 Å². The molecule has 2 aliphatic heterocycles. The first-order valence-corrected chi connectivity index (χ1v) is 7.20. The molecule has 1 aromatic rings. The first kappa shape index (κ1) is 13.8. The molecule has 2 heterocycles. The molecule has 1 aromatic carbocycles. The van der Waals surface area contributed by atoms with Crippen molar-refractivity contribution in [3.63, 3.8) is 0 Å². The van der Waals surface area contributed by atoms with Crippen molar-refractivity contribution < 1.29 is 9.59 Å². The molecule has 1 unspecified atom stereocenters. The monoisotopic (exact) mass is 286 g/mol. The second-order valence-corrected chi connectivity index (χ2v) is 5.20.